The summed E-state index contributed by atoms with van der Waals surface area (Å²) in [4.78, 5) is 14.5. The van der Waals surface area contributed by atoms with Crippen LogP contribution in [0.1, 0.15) is 33.6 Å². The summed E-state index contributed by atoms with van der Waals surface area (Å²) < 4.78 is 13.1. The lowest BCUT2D eigenvalue weighted by Gasteiger charge is -2.36. The van der Waals surface area contributed by atoms with E-state index in [2.05, 4.69) is 45.2 Å². The molecule has 3 heterocycles. The second-order valence-corrected chi connectivity index (χ2v) is 7.50. The first-order valence-corrected chi connectivity index (χ1v) is 10.0. The molecule has 3 aromatic rings. The van der Waals surface area contributed by atoms with Gasteiger partial charge in [-0.2, -0.15) is 0 Å². The van der Waals surface area contributed by atoms with Crippen LogP contribution in [-0.4, -0.2) is 42.2 Å². The molecule has 6 nitrogen and oxygen atoms in total. The zero-order chi connectivity index (χ0) is 20.2. The zero-order valence-electron chi connectivity index (χ0n) is 16.3. The fourth-order valence-corrected chi connectivity index (χ4v) is 3.89. The number of fused-ring (bicyclic) bond motifs is 1. The molecule has 1 amide bonds. The largest absolute Gasteiger partial charge is 0.455 e. The van der Waals surface area contributed by atoms with Crippen molar-refractivity contribution in [2.24, 2.45) is 0 Å². The van der Waals surface area contributed by atoms with Gasteiger partial charge in [-0.05, 0) is 42.0 Å². The fraction of sp³-hybridized carbons (Fsp3) is 0.318. The summed E-state index contributed by atoms with van der Waals surface area (Å²) in [5.41, 5.74) is 2.42. The Balaban J connectivity index is 1.53. The Bertz CT molecular complexity index is 964. The zero-order valence-corrected chi connectivity index (χ0v) is 17.1. The Morgan fingerprint density at radius 1 is 1.21 bits per heavy atom. The third-order valence-electron chi connectivity index (χ3n) is 5.16. The molecule has 0 bridgehead atoms. The molecule has 2 aromatic heterocycles. The standard InChI is InChI=1S/C22H24ClN3O3/c1-28-14-10-24-22(27)20-9-8-18(29-20)15-26-13-12-25-11-2-3-19(25)21(26)16-4-6-17(23)7-5-16/h2-9,11,21H,10,12-15H2,1H3,(H,24,27). The Labute approximate surface area is 175 Å². The number of carbonyl (C=O) groups excluding carboxylic acids is 1. The highest BCUT2D eigenvalue weighted by Crippen LogP contribution is 2.34. The molecule has 4 rings (SSSR count). The topological polar surface area (TPSA) is 59.6 Å². The number of aromatic nitrogens is 1. The van der Waals surface area contributed by atoms with Crippen molar-refractivity contribution in [3.63, 3.8) is 0 Å². The van der Waals surface area contributed by atoms with E-state index >= 15 is 0 Å². The molecule has 1 aliphatic heterocycles. The maximum Gasteiger partial charge on any atom is 0.287 e. The summed E-state index contributed by atoms with van der Waals surface area (Å²) in [6.07, 6.45) is 2.12. The summed E-state index contributed by atoms with van der Waals surface area (Å²) >= 11 is 6.09. The Morgan fingerprint density at radius 2 is 2.03 bits per heavy atom. The molecule has 0 saturated heterocycles. The van der Waals surface area contributed by atoms with Crippen LogP contribution in [0.4, 0.5) is 0 Å². The number of nitrogens with zero attached hydrogens (tertiary/aromatic N) is 2. The first-order valence-electron chi connectivity index (χ1n) is 9.66. The van der Waals surface area contributed by atoms with Crippen LogP contribution in [0.5, 0.6) is 0 Å². The van der Waals surface area contributed by atoms with E-state index in [1.807, 2.05) is 18.2 Å². The van der Waals surface area contributed by atoms with Gasteiger partial charge in [-0.15, -0.1) is 0 Å². The van der Waals surface area contributed by atoms with Crippen LogP contribution in [0.3, 0.4) is 0 Å². The normalized spacial score (nSPS) is 16.6. The van der Waals surface area contributed by atoms with Crippen LogP contribution >= 0.6 is 11.6 Å². The van der Waals surface area contributed by atoms with Crippen molar-refractivity contribution in [2.75, 3.05) is 26.8 Å². The minimum atomic E-state index is -0.227. The maximum atomic E-state index is 12.2. The van der Waals surface area contributed by atoms with E-state index < -0.39 is 0 Å². The molecular formula is C22H24ClN3O3. The Kier molecular flexibility index (Phi) is 6.04. The van der Waals surface area contributed by atoms with Gasteiger partial charge in [0.15, 0.2) is 5.76 Å². The van der Waals surface area contributed by atoms with E-state index in [0.717, 1.165) is 23.9 Å². The van der Waals surface area contributed by atoms with E-state index in [4.69, 9.17) is 20.8 Å². The minimum absolute atomic E-state index is 0.0973. The highest BCUT2D eigenvalue weighted by molar-refractivity contribution is 6.30. The Hall–Kier alpha value is -2.54. The van der Waals surface area contributed by atoms with Crippen LogP contribution < -0.4 is 5.32 Å². The lowest BCUT2D eigenvalue weighted by Crippen LogP contribution is -2.37. The Morgan fingerprint density at radius 3 is 2.83 bits per heavy atom. The third-order valence-corrected chi connectivity index (χ3v) is 5.41. The third kappa shape index (κ3) is 4.40. The molecule has 7 heteroatoms. The van der Waals surface area contributed by atoms with Gasteiger partial charge in [-0.3, -0.25) is 9.69 Å². The van der Waals surface area contributed by atoms with E-state index in [1.165, 1.54) is 11.3 Å². The van der Waals surface area contributed by atoms with Gasteiger partial charge in [0.25, 0.3) is 5.91 Å². The number of rotatable bonds is 7. The molecular weight excluding hydrogens is 390 g/mol. The van der Waals surface area contributed by atoms with E-state index in [1.54, 1.807) is 13.2 Å². The first-order chi connectivity index (χ1) is 14.2. The van der Waals surface area contributed by atoms with Crippen molar-refractivity contribution < 1.29 is 13.9 Å². The van der Waals surface area contributed by atoms with Gasteiger partial charge < -0.3 is 19.0 Å². The summed E-state index contributed by atoms with van der Waals surface area (Å²) in [7, 11) is 1.60. The van der Waals surface area contributed by atoms with Gasteiger partial charge in [0.2, 0.25) is 0 Å². The molecule has 0 aliphatic carbocycles. The van der Waals surface area contributed by atoms with Gasteiger partial charge >= 0.3 is 0 Å². The predicted molar refractivity (Wildman–Crippen MR) is 111 cm³/mol. The number of hydrogen-bond donors (Lipinski definition) is 1. The summed E-state index contributed by atoms with van der Waals surface area (Å²) in [6, 6.07) is 15.9. The molecule has 1 N–H and O–H groups in total. The van der Waals surface area contributed by atoms with E-state index in [0.29, 0.717) is 25.5 Å². The molecule has 0 spiro atoms. The van der Waals surface area contributed by atoms with Crippen molar-refractivity contribution in [3.05, 3.63) is 82.5 Å². The monoisotopic (exact) mass is 413 g/mol. The first kappa shape index (κ1) is 19.8. The van der Waals surface area contributed by atoms with Crippen LogP contribution in [0, 0.1) is 0 Å². The van der Waals surface area contributed by atoms with Gasteiger partial charge in [-0.1, -0.05) is 23.7 Å². The van der Waals surface area contributed by atoms with Crippen molar-refractivity contribution in [1.82, 2.24) is 14.8 Å². The molecule has 1 aliphatic rings. The van der Waals surface area contributed by atoms with E-state index in [9.17, 15) is 4.79 Å². The lowest BCUT2D eigenvalue weighted by molar-refractivity contribution is 0.0903. The average molecular weight is 414 g/mol. The maximum absolute atomic E-state index is 12.2. The highest BCUT2D eigenvalue weighted by atomic mass is 35.5. The second kappa shape index (κ2) is 8.86. The molecule has 1 unspecified atom stereocenters. The summed E-state index contributed by atoms with van der Waals surface area (Å²) in [5, 5.41) is 3.50. The highest BCUT2D eigenvalue weighted by Gasteiger charge is 2.29. The number of hydrogen-bond acceptors (Lipinski definition) is 4. The molecule has 1 aromatic carbocycles. The van der Waals surface area contributed by atoms with Gasteiger partial charge in [-0.25, -0.2) is 0 Å². The predicted octanol–water partition coefficient (Wildman–Crippen LogP) is 3.72. The molecule has 0 radical (unpaired) electrons. The molecule has 29 heavy (non-hydrogen) atoms. The fourth-order valence-electron chi connectivity index (χ4n) is 3.77. The molecule has 0 fully saturated rings. The van der Waals surface area contributed by atoms with Crippen molar-refractivity contribution in [3.8, 4) is 0 Å². The van der Waals surface area contributed by atoms with E-state index in [-0.39, 0.29) is 11.9 Å². The average Bonchev–Trinajstić information content (AvgIpc) is 3.38. The van der Waals surface area contributed by atoms with Crippen molar-refractivity contribution >= 4 is 17.5 Å². The quantitative estimate of drug-likeness (QED) is 0.600. The van der Waals surface area contributed by atoms with Crippen LogP contribution in [0.2, 0.25) is 5.02 Å². The lowest BCUT2D eigenvalue weighted by atomic mass is 10.00. The number of benzene rings is 1. The number of nitrogens with one attached hydrogen (secondary N) is 1. The van der Waals surface area contributed by atoms with Crippen molar-refractivity contribution in [1.29, 1.82) is 0 Å². The van der Waals surface area contributed by atoms with Crippen LogP contribution in [-0.2, 0) is 17.8 Å². The van der Waals surface area contributed by atoms with Crippen molar-refractivity contribution in [2.45, 2.75) is 19.1 Å². The van der Waals surface area contributed by atoms with Crippen LogP contribution in [0.25, 0.3) is 0 Å². The number of furan rings is 1. The van der Waals surface area contributed by atoms with Gasteiger partial charge in [0.05, 0.1) is 19.2 Å². The molecule has 152 valence electrons. The van der Waals surface area contributed by atoms with Gasteiger partial charge in [0.1, 0.15) is 5.76 Å². The van der Waals surface area contributed by atoms with Crippen LogP contribution in [0.15, 0.2) is 59.1 Å². The summed E-state index contributed by atoms with van der Waals surface area (Å²) in [6.45, 7) is 3.33. The number of amides is 1. The number of halogens is 1. The molecule has 1 atom stereocenters. The SMILES string of the molecule is COCCNC(=O)c1ccc(CN2CCn3cccc3C2c2ccc(Cl)cc2)o1. The second-order valence-electron chi connectivity index (χ2n) is 7.07. The number of carbonyl (C=O) groups is 1. The minimum Gasteiger partial charge on any atom is -0.455 e. The number of ether oxygens (including phenoxy) is 1. The summed E-state index contributed by atoms with van der Waals surface area (Å²) in [5.74, 6) is 0.857. The van der Waals surface area contributed by atoms with Gasteiger partial charge in [0, 0.05) is 43.7 Å². The number of methoxy groups -OCH3 is 1. The smallest absolute Gasteiger partial charge is 0.287 e. The molecule has 0 saturated carbocycles.